The van der Waals surface area contributed by atoms with Crippen LogP contribution in [0.15, 0.2) is 4.42 Å². The lowest BCUT2D eigenvalue weighted by molar-refractivity contribution is 0.300. The van der Waals surface area contributed by atoms with Crippen LogP contribution in [-0.4, -0.2) is 23.3 Å². The number of hydrogen-bond donors (Lipinski definition) is 0. The number of halogens is 1. The van der Waals surface area contributed by atoms with Crippen LogP contribution in [0.3, 0.4) is 0 Å². The molecule has 0 bridgehead atoms. The first-order valence-corrected chi connectivity index (χ1v) is 6.76. The summed E-state index contributed by atoms with van der Waals surface area (Å²) in [5.41, 5.74) is 0.418. The van der Waals surface area contributed by atoms with Crippen LogP contribution >= 0.6 is 11.6 Å². The molecule has 1 fully saturated rings. The van der Waals surface area contributed by atoms with E-state index in [2.05, 4.69) is 28.9 Å². The summed E-state index contributed by atoms with van der Waals surface area (Å²) in [5, 5.41) is 7.83. The Bertz CT molecular complexity index is 374. The Kier molecular flexibility index (Phi) is 3.61. The van der Waals surface area contributed by atoms with E-state index in [1.54, 1.807) is 0 Å². The zero-order valence-electron chi connectivity index (χ0n) is 10.7. The zero-order chi connectivity index (χ0) is 12.5. The molecule has 0 aromatic carbocycles. The summed E-state index contributed by atoms with van der Waals surface area (Å²) in [6, 6.07) is 0.622. The van der Waals surface area contributed by atoms with E-state index in [0.29, 0.717) is 17.3 Å². The molecule has 0 amide bonds. The van der Waals surface area contributed by atoms with Crippen molar-refractivity contribution in [1.29, 1.82) is 0 Å². The van der Waals surface area contributed by atoms with Crippen molar-refractivity contribution in [3.05, 3.63) is 5.89 Å². The highest BCUT2D eigenvalue weighted by molar-refractivity contribution is 6.20. The van der Waals surface area contributed by atoms with Crippen LogP contribution in [0, 0.1) is 5.41 Å². The van der Waals surface area contributed by atoms with Gasteiger partial charge >= 0.3 is 6.01 Å². The standard InChI is InChI=1S/C12H20ClN3O/c1-4-12(5-2)6-7-16(8-12)11-15-14-10(17-11)9(3)13/h9H,4-8H2,1-3H3. The Morgan fingerprint density at radius 3 is 2.59 bits per heavy atom. The van der Waals surface area contributed by atoms with Crippen LogP contribution in [0.1, 0.15) is 51.3 Å². The number of hydrogen-bond acceptors (Lipinski definition) is 4. The van der Waals surface area contributed by atoms with Gasteiger partial charge in [-0.05, 0) is 31.6 Å². The van der Waals surface area contributed by atoms with Gasteiger partial charge in [0, 0.05) is 13.1 Å². The van der Waals surface area contributed by atoms with Gasteiger partial charge in [-0.25, -0.2) is 0 Å². The number of rotatable bonds is 4. The first kappa shape index (κ1) is 12.7. The van der Waals surface area contributed by atoms with E-state index in [4.69, 9.17) is 16.0 Å². The Morgan fingerprint density at radius 1 is 1.41 bits per heavy atom. The first-order valence-electron chi connectivity index (χ1n) is 6.32. The van der Waals surface area contributed by atoms with Crippen LogP contribution in [0.2, 0.25) is 0 Å². The average molecular weight is 258 g/mol. The van der Waals surface area contributed by atoms with E-state index < -0.39 is 0 Å². The third-order valence-electron chi connectivity index (χ3n) is 3.98. The van der Waals surface area contributed by atoms with E-state index in [0.717, 1.165) is 13.1 Å². The summed E-state index contributed by atoms with van der Waals surface area (Å²) < 4.78 is 5.58. The van der Waals surface area contributed by atoms with Gasteiger partial charge in [-0.15, -0.1) is 16.7 Å². The second kappa shape index (κ2) is 4.84. The summed E-state index contributed by atoms with van der Waals surface area (Å²) >= 11 is 5.92. The van der Waals surface area contributed by atoms with Gasteiger partial charge in [-0.1, -0.05) is 18.9 Å². The maximum absolute atomic E-state index is 5.92. The van der Waals surface area contributed by atoms with E-state index in [-0.39, 0.29) is 5.38 Å². The van der Waals surface area contributed by atoms with Crippen molar-refractivity contribution >= 4 is 17.6 Å². The molecule has 1 aliphatic rings. The van der Waals surface area contributed by atoms with Gasteiger partial charge in [0.25, 0.3) is 0 Å². The highest BCUT2D eigenvalue weighted by Crippen LogP contribution is 2.38. The van der Waals surface area contributed by atoms with Crippen molar-refractivity contribution in [3.8, 4) is 0 Å². The summed E-state index contributed by atoms with van der Waals surface area (Å²) in [5.74, 6) is 0.507. The zero-order valence-corrected chi connectivity index (χ0v) is 11.5. The molecule has 0 radical (unpaired) electrons. The highest BCUT2D eigenvalue weighted by Gasteiger charge is 2.36. The number of nitrogens with zero attached hydrogens (tertiary/aromatic N) is 3. The average Bonchev–Trinajstić information content (AvgIpc) is 2.96. The van der Waals surface area contributed by atoms with E-state index in [1.165, 1.54) is 19.3 Å². The maximum atomic E-state index is 5.92. The molecule has 2 rings (SSSR count). The fourth-order valence-electron chi connectivity index (χ4n) is 2.44. The second-order valence-corrected chi connectivity index (χ2v) is 5.57. The molecule has 4 nitrogen and oxygen atoms in total. The topological polar surface area (TPSA) is 42.2 Å². The third-order valence-corrected chi connectivity index (χ3v) is 4.17. The normalized spacial score (nSPS) is 20.8. The lowest BCUT2D eigenvalue weighted by Crippen LogP contribution is -2.26. The molecule has 0 saturated carbocycles. The molecule has 96 valence electrons. The van der Waals surface area contributed by atoms with Crippen molar-refractivity contribution < 1.29 is 4.42 Å². The largest absolute Gasteiger partial charge is 0.406 e. The monoisotopic (exact) mass is 257 g/mol. The van der Waals surface area contributed by atoms with Crippen molar-refractivity contribution in [2.24, 2.45) is 5.41 Å². The van der Waals surface area contributed by atoms with Gasteiger partial charge in [0.1, 0.15) is 5.38 Å². The molecule has 0 N–H and O–H groups in total. The van der Waals surface area contributed by atoms with Crippen molar-refractivity contribution in [2.75, 3.05) is 18.0 Å². The van der Waals surface area contributed by atoms with Gasteiger partial charge in [0.15, 0.2) is 0 Å². The molecule has 5 heteroatoms. The molecule has 1 saturated heterocycles. The Balaban J connectivity index is 2.09. The molecule has 1 aromatic heterocycles. The lowest BCUT2D eigenvalue weighted by Gasteiger charge is -2.25. The van der Waals surface area contributed by atoms with E-state index >= 15 is 0 Å². The highest BCUT2D eigenvalue weighted by atomic mass is 35.5. The van der Waals surface area contributed by atoms with Crippen molar-refractivity contribution in [3.63, 3.8) is 0 Å². The van der Waals surface area contributed by atoms with Crippen LogP contribution in [0.25, 0.3) is 0 Å². The van der Waals surface area contributed by atoms with Crippen LogP contribution in [0.5, 0.6) is 0 Å². The van der Waals surface area contributed by atoms with Gasteiger partial charge in [-0.3, -0.25) is 0 Å². The fraction of sp³-hybridized carbons (Fsp3) is 0.833. The van der Waals surface area contributed by atoms with Gasteiger partial charge in [-0.2, -0.15) is 0 Å². The minimum absolute atomic E-state index is 0.221. The molecule has 17 heavy (non-hydrogen) atoms. The third kappa shape index (κ3) is 2.41. The number of alkyl halides is 1. The summed E-state index contributed by atoms with van der Waals surface area (Å²) in [6.07, 6.45) is 3.61. The van der Waals surface area contributed by atoms with E-state index in [9.17, 15) is 0 Å². The quantitative estimate of drug-likeness (QED) is 0.776. The van der Waals surface area contributed by atoms with Gasteiger partial charge < -0.3 is 9.32 Å². The van der Waals surface area contributed by atoms with Gasteiger partial charge in [0.05, 0.1) is 0 Å². The predicted octanol–water partition coefficient (Wildman–Crippen LogP) is 3.39. The maximum Gasteiger partial charge on any atom is 0.318 e. The minimum Gasteiger partial charge on any atom is -0.406 e. The smallest absolute Gasteiger partial charge is 0.318 e. The Morgan fingerprint density at radius 2 is 2.12 bits per heavy atom. The molecule has 1 aromatic rings. The summed E-state index contributed by atoms with van der Waals surface area (Å²) in [6.45, 7) is 8.36. The predicted molar refractivity (Wildman–Crippen MR) is 68.4 cm³/mol. The molecule has 1 aliphatic heterocycles. The molecule has 0 aliphatic carbocycles. The molecule has 1 unspecified atom stereocenters. The Labute approximate surface area is 107 Å². The van der Waals surface area contributed by atoms with Gasteiger partial charge in [0.2, 0.25) is 5.89 Å². The SMILES string of the molecule is CCC1(CC)CCN(c2nnc(C(C)Cl)o2)C1. The fourth-order valence-corrected chi connectivity index (χ4v) is 2.53. The number of aromatic nitrogens is 2. The molecule has 1 atom stereocenters. The van der Waals surface area contributed by atoms with E-state index in [1.807, 2.05) is 6.92 Å². The van der Waals surface area contributed by atoms with Crippen LogP contribution < -0.4 is 4.90 Å². The van der Waals surface area contributed by atoms with Crippen LogP contribution in [0.4, 0.5) is 6.01 Å². The molecular formula is C12H20ClN3O. The second-order valence-electron chi connectivity index (χ2n) is 4.92. The number of anilines is 1. The summed E-state index contributed by atoms with van der Waals surface area (Å²) in [7, 11) is 0. The first-order chi connectivity index (χ1) is 8.10. The minimum atomic E-state index is -0.221. The summed E-state index contributed by atoms with van der Waals surface area (Å²) in [4.78, 5) is 2.18. The molecule has 0 spiro atoms. The molecule has 2 heterocycles. The van der Waals surface area contributed by atoms with Crippen molar-refractivity contribution in [1.82, 2.24) is 10.2 Å². The van der Waals surface area contributed by atoms with Crippen LogP contribution in [-0.2, 0) is 0 Å². The Hall–Kier alpha value is -0.770. The molecular weight excluding hydrogens is 238 g/mol. The lowest BCUT2D eigenvalue weighted by atomic mass is 9.82. The van der Waals surface area contributed by atoms with Crippen molar-refractivity contribution in [2.45, 2.75) is 45.4 Å².